The molecule has 0 aliphatic carbocycles. The van der Waals surface area contributed by atoms with Gasteiger partial charge < -0.3 is 5.32 Å². The van der Waals surface area contributed by atoms with Gasteiger partial charge in [0, 0.05) is 0 Å². The molecule has 0 radical (unpaired) electrons. The summed E-state index contributed by atoms with van der Waals surface area (Å²) in [6.07, 6.45) is 2.28. The quantitative estimate of drug-likeness (QED) is 0.829. The Morgan fingerprint density at radius 3 is 2.39 bits per heavy atom. The molecule has 0 bridgehead atoms. The Morgan fingerprint density at radius 2 is 1.83 bits per heavy atom. The third-order valence-electron chi connectivity index (χ3n) is 2.75. The second kappa shape index (κ2) is 5.58. The third-order valence-corrected chi connectivity index (χ3v) is 2.75. The Bertz CT molecular complexity index is 494. The van der Waals surface area contributed by atoms with Crippen LogP contribution in [0.3, 0.4) is 0 Å². The average molecular weight is 248 g/mol. The fraction of sp³-hybridized carbons (Fsp3) is 0.214. The molecule has 1 aromatic heterocycles. The van der Waals surface area contributed by atoms with E-state index in [0.29, 0.717) is 0 Å². The van der Waals surface area contributed by atoms with Gasteiger partial charge in [0.1, 0.15) is 5.82 Å². The number of aromatic nitrogens is 1. The van der Waals surface area contributed by atoms with Crippen LogP contribution in [0.1, 0.15) is 24.9 Å². The van der Waals surface area contributed by atoms with Crippen LogP contribution in [0.2, 0.25) is 0 Å². The van der Waals surface area contributed by atoms with Crippen LogP contribution < -0.4 is 5.32 Å². The van der Waals surface area contributed by atoms with Crippen molar-refractivity contribution in [1.82, 2.24) is 4.98 Å². The van der Waals surface area contributed by atoms with Gasteiger partial charge in [-0.3, -0.25) is 0 Å². The first-order valence-electron chi connectivity index (χ1n) is 5.82. The van der Waals surface area contributed by atoms with Crippen LogP contribution >= 0.6 is 0 Å². The lowest BCUT2D eigenvalue weighted by Crippen LogP contribution is -2.09. The fourth-order valence-electron chi connectivity index (χ4n) is 1.78. The highest BCUT2D eigenvalue weighted by Gasteiger charge is 2.09. The molecule has 2 aromatic rings. The van der Waals surface area contributed by atoms with Crippen molar-refractivity contribution in [2.45, 2.75) is 19.4 Å². The van der Waals surface area contributed by atoms with Gasteiger partial charge in [0.2, 0.25) is 5.95 Å². The molecule has 0 spiro atoms. The summed E-state index contributed by atoms with van der Waals surface area (Å²) in [5, 5.41) is 3.24. The van der Waals surface area contributed by atoms with E-state index in [9.17, 15) is 8.78 Å². The normalized spacial score (nSPS) is 12.2. The summed E-state index contributed by atoms with van der Waals surface area (Å²) in [4.78, 5) is 3.59. The zero-order valence-electron chi connectivity index (χ0n) is 10.0. The van der Waals surface area contributed by atoms with Gasteiger partial charge in [-0.05, 0) is 36.2 Å². The van der Waals surface area contributed by atoms with Crippen molar-refractivity contribution in [3.8, 4) is 0 Å². The molecule has 2 rings (SSSR count). The first-order chi connectivity index (χ1) is 8.69. The van der Waals surface area contributed by atoms with Crippen LogP contribution in [0, 0.1) is 11.8 Å². The molecule has 1 atom stereocenters. The lowest BCUT2D eigenvalue weighted by molar-refractivity contribution is 0.583. The van der Waals surface area contributed by atoms with Crippen LogP contribution in [0.4, 0.5) is 14.5 Å². The maximum absolute atomic E-state index is 12.9. The SMILES string of the molecule is CCC(Nc1ccc(F)nc1)c1ccc(F)cc1. The Kier molecular flexibility index (Phi) is 3.87. The van der Waals surface area contributed by atoms with Crippen molar-refractivity contribution < 1.29 is 8.78 Å². The van der Waals surface area contributed by atoms with E-state index in [2.05, 4.69) is 10.3 Å². The molecular weight excluding hydrogens is 234 g/mol. The zero-order chi connectivity index (χ0) is 13.0. The second-order valence-corrected chi connectivity index (χ2v) is 4.03. The molecule has 0 saturated carbocycles. The molecule has 0 aliphatic rings. The van der Waals surface area contributed by atoms with E-state index < -0.39 is 5.95 Å². The molecule has 2 nitrogen and oxygen atoms in total. The third kappa shape index (κ3) is 3.03. The van der Waals surface area contributed by atoms with E-state index in [1.54, 1.807) is 18.2 Å². The molecule has 0 fully saturated rings. The minimum absolute atomic E-state index is 0.0536. The molecule has 1 N–H and O–H groups in total. The van der Waals surface area contributed by atoms with E-state index in [-0.39, 0.29) is 11.9 Å². The summed E-state index contributed by atoms with van der Waals surface area (Å²) in [7, 11) is 0. The van der Waals surface area contributed by atoms with Gasteiger partial charge in [-0.1, -0.05) is 19.1 Å². The molecule has 1 unspecified atom stereocenters. The summed E-state index contributed by atoms with van der Waals surface area (Å²) in [5.41, 5.74) is 1.73. The van der Waals surface area contributed by atoms with E-state index in [0.717, 1.165) is 17.7 Å². The highest BCUT2D eigenvalue weighted by molar-refractivity contribution is 5.43. The monoisotopic (exact) mass is 248 g/mol. The van der Waals surface area contributed by atoms with Crippen LogP contribution in [0.15, 0.2) is 42.6 Å². The minimum atomic E-state index is -0.504. The van der Waals surface area contributed by atoms with E-state index in [4.69, 9.17) is 0 Å². The van der Waals surface area contributed by atoms with E-state index in [1.807, 2.05) is 6.92 Å². The molecule has 0 aliphatic heterocycles. The van der Waals surface area contributed by atoms with Crippen molar-refractivity contribution in [3.63, 3.8) is 0 Å². The van der Waals surface area contributed by atoms with Crippen molar-refractivity contribution in [3.05, 3.63) is 59.9 Å². The topological polar surface area (TPSA) is 24.9 Å². The van der Waals surface area contributed by atoms with Crippen LogP contribution in [0.5, 0.6) is 0 Å². The summed E-state index contributed by atoms with van der Waals surface area (Å²) < 4.78 is 25.5. The number of hydrogen-bond acceptors (Lipinski definition) is 2. The molecule has 4 heteroatoms. The van der Waals surface area contributed by atoms with Gasteiger partial charge in [-0.15, -0.1) is 0 Å². The summed E-state index contributed by atoms with van der Waals surface area (Å²) in [6.45, 7) is 2.03. The van der Waals surface area contributed by atoms with Gasteiger partial charge in [-0.25, -0.2) is 9.37 Å². The largest absolute Gasteiger partial charge is 0.377 e. The summed E-state index contributed by atoms with van der Waals surface area (Å²) in [6, 6.07) is 9.35. The van der Waals surface area contributed by atoms with Gasteiger partial charge in [0.25, 0.3) is 0 Å². The number of rotatable bonds is 4. The molecule has 0 amide bonds. The van der Waals surface area contributed by atoms with Crippen LogP contribution in [0.25, 0.3) is 0 Å². The smallest absolute Gasteiger partial charge is 0.212 e. The number of nitrogens with zero attached hydrogens (tertiary/aromatic N) is 1. The first kappa shape index (κ1) is 12.5. The second-order valence-electron chi connectivity index (χ2n) is 4.03. The Hall–Kier alpha value is -1.97. The number of hydrogen-bond donors (Lipinski definition) is 1. The average Bonchev–Trinajstić information content (AvgIpc) is 2.39. The van der Waals surface area contributed by atoms with Crippen LogP contribution in [-0.4, -0.2) is 4.98 Å². The Labute approximate surface area is 105 Å². The molecule has 94 valence electrons. The van der Waals surface area contributed by atoms with Crippen LogP contribution in [-0.2, 0) is 0 Å². The van der Waals surface area contributed by atoms with Crippen molar-refractivity contribution in [2.75, 3.05) is 5.32 Å². The van der Waals surface area contributed by atoms with Gasteiger partial charge in [-0.2, -0.15) is 4.39 Å². The van der Waals surface area contributed by atoms with E-state index >= 15 is 0 Å². The van der Waals surface area contributed by atoms with Gasteiger partial charge >= 0.3 is 0 Å². The molecule has 0 saturated heterocycles. The van der Waals surface area contributed by atoms with Crippen molar-refractivity contribution in [2.24, 2.45) is 0 Å². The molecule has 18 heavy (non-hydrogen) atoms. The number of anilines is 1. The van der Waals surface area contributed by atoms with E-state index in [1.165, 1.54) is 24.4 Å². The molecular formula is C14H14F2N2. The number of pyridine rings is 1. The standard InChI is InChI=1S/C14H14F2N2/c1-2-13(10-3-5-11(15)6-4-10)18-12-7-8-14(16)17-9-12/h3-9,13,18H,2H2,1H3. The lowest BCUT2D eigenvalue weighted by Gasteiger charge is -2.18. The maximum Gasteiger partial charge on any atom is 0.212 e. The number of halogens is 2. The lowest BCUT2D eigenvalue weighted by atomic mass is 10.0. The number of benzene rings is 1. The first-order valence-corrected chi connectivity index (χ1v) is 5.82. The highest BCUT2D eigenvalue weighted by Crippen LogP contribution is 2.22. The predicted octanol–water partition coefficient (Wildman–Crippen LogP) is 3.92. The Morgan fingerprint density at radius 1 is 1.11 bits per heavy atom. The minimum Gasteiger partial charge on any atom is -0.377 e. The molecule has 1 aromatic carbocycles. The van der Waals surface area contributed by atoms with Crippen molar-refractivity contribution in [1.29, 1.82) is 0 Å². The Balaban J connectivity index is 2.14. The fourth-order valence-corrected chi connectivity index (χ4v) is 1.78. The number of nitrogens with one attached hydrogen (secondary N) is 1. The summed E-state index contributed by atoms with van der Waals surface area (Å²) in [5.74, 6) is -0.757. The zero-order valence-corrected chi connectivity index (χ0v) is 10.0. The molecule has 1 heterocycles. The summed E-state index contributed by atoms with van der Waals surface area (Å²) >= 11 is 0. The van der Waals surface area contributed by atoms with Crippen molar-refractivity contribution >= 4 is 5.69 Å². The van der Waals surface area contributed by atoms with Gasteiger partial charge in [0.05, 0.1) is 17.9 Å². The predicted molar refractivity (Wildman–Crippen MR) is 67.2 cm³/mol. The maximum atomic E-state index is 12.9. The highest BCUT2D eigenvalue weighted by atomic mass is 19.1. The van der Waals surface area contributed by atoms with Gasteiger partial charge in [0.15, 0.2) is 0 Å².